The Balaban J connectivity index is 0.000001000. The van der Waals surface area contributed by atoms with E-state index in [2.05, 4.69) is 5.32 Å². The van der Waals surface area contributed by atoms with Crippen LogP contribution in [0.4, 0.5) is 5.69 Å². The average molecular weight is 137 g/mol. The molecule has 0 bridgehead atoms. The summed E-state index contributed by atoms with van der Waals surface area (Å²) in [7, 11) is 0. The number of hydrogen-bond acceptors (Lipinski definition) is 1. The van der Waals surface area contributed by atoms with Gasteiger partial charge >= 0.3 is 0 Å². The molecule has 0 unspecified atom stereocenters. The zero-order valence-electron chi connectivity index (χ0n) is 5.79. The molecule has 10 heavy (non-hydrogen) atoms. The van der Waals surface area contributed by atoms with Gasteiger partial charge in [-0.3, -0.25) is 4.79 Å². The zero-order valence-corrected chi connectivity index (χ0v) is 5.79. The van der Waals surface area contributed by atoms with Gasteiger partial charge in [0, 0.05) is 7.11 Å². The summed E-state index contributed by atoms with van der Waals surface area (Å²) in [4.78, 5) is 9.95. The van der Waals surface area contributed by atoms with E-state index < -0.39 is 0 Å². The Morgan fingerprint density at radius 3 is 2.50 bits per heavy atom. The van der Waals surface area contributed by atoms with Crippen molar-refractivity contribution in [2.75, 3.05) is 5.32 Å². The standard InChI is InChI=1S/C8H9NO.H2/c1-7-2-4-8(5-3-7)9-6-10;/h2-6H,1H3,(H,9,10);1H. The summed E-state index contributed by atoms with van der Waals surface area (Å²) in [6.45, 7) is 2.00. The molecule has 1 aromatic carbocycles. The molecule has 0 spiro atoms. The van der Waals surface area contributed by atoms with E-state index in [1.54, 1.807) is 0 Å². The van der Waals surface area contributed by atoms with Crippen molar-refractivity contribution in [2.45, 2.75) is 6.92 Å². The molecule has 1 aromatic rings. The molecular formula is C8H11NO. The highest BCUT2D eigenvalue weighted by Crippen LogP contribution is 2.06. The molecular weight excluding hydrogens is 126 g/mol. The number of nitrogens with one attached hydrogen (secondary N) is 1. The molecule has 0 aliphatic rings. The van der Waals surface area contributed by atoms with Crippen molar-refractivity contribution in [2.24, 2.45) is 0 Å². The highest BCUT2D eigenvalue weighted by atomic mass is 16.1. The predicted octanol–water partition coefficient (Wildman–Crippen LogP) is 1.81. The fraction of sp³-hybridized carbons (Fsp3) is 0.125. The quantitative estimate of drug-likeness (QED) is 0.619. The van der Waals surface area contributed by atoms with E-state index in [1.807, 2.05) is 31.2 Å². The molecule has 0 saturated heterocycles. The Morgan fingerprint density at radius 1 is 1.40 bits per heavy atom. The van der Waals surface area contributed by atoms with Gasteiger partial charge < -0.3 is 5.32 Å². The topological polar surface area (TPSA) is 29.1 Å². The van der Waals surface area contributed by atoms with Crippen molar-refractivity contribution in [3.05, 3.63) is 29.8 Å². The number of benzene rings is 1. The summed E-state index contributed by atoms with van der Waals surface area (Å²) in [5.41, 5.74) is 2.03. The number of carbonyl (C=O) groups excluding carboxylic acids is 1. The van der Waals surface area contributed by atoms with Crippen LogP contribution in [-0.4, -0.2) is 6.41 Å². The molecule has 0 heterocycles. The van der Waals surface area contributed by atoms with Crippen molar-refractivity contribution < 1.29 is 6.22 Å². The largest absolute Gasteiger partial charge is 0.329 e. The molecule has 0 aromatic heterocycles. The molecule has 0 saturated carbocycles. The summed E-state index contributed by atoms with van der Waals surface area (Å²) in [5, 5.41) is 2.55. The van der Waals surface area contributed by atoms with Gasteiger partial charge in [-0.1, -0.05) is 17.7 Å². The van der Waals surface area contributed by atoms with Crippen LogP contribution in [0.1, 0.15) is 6.99 Å². The van der Waals surface area contributed by atoms with Crippen LogP contribution in [0.25, 0.3) is 0 Å². The Labute approximate surface area is 61.4 Å². The Bertz CT molecular complexity index is 220. The SMILES string of the molecule is Cc1ccc(NC=O)cc1.[HH]. The van der Waals surface area contributed by atoms with E-state index in [-0.39, 0.29) is 1.43 Å². The van der Waals surface area contributed by atoms with Crippen molar-refractivity contribution in [1.82, 2.24) is 0 Å². The molecule has 0 radical (unpaired) electrons. The third-order valence-corrected chi connectivity index (χ3v) is 1.28. The smallest absolute Gasteiger partial charge is 0.211 e. The minimum Gasteiger partial charge on any atom is -0.329 e. The first-order valence-corrected chi connectivity index (χ1v) is 3.10. The number of carbonyl (C=O) groups is 1. The van der Waals surface area contributed by atoms with Gasteiger partial charge in [0.2, 0.25) is 6.41 Å². The molecule has 1 amide bonds. The lowest BCUT2D eigenvalue weighted by atomic mass is 10.2. The first kappa shape index (κ1) is 6.81. The number of anilines is 1. The maximum absolute atomic E-state index is 9.95. The first-order chi connectivity index (χ1) is 4.83. The van der Waals surface area contributed by atoms with Crippen LogP contribution in [0, 0.1) is 6.92 Å². The van der Waals surface area contributed by atoms with Gasteiger partial charge in [-0.05, 0) is 19.1 Å². The summed E-state index contributed by atoms with van der Waals surface area (Å²) in [6, 6.07) is 7.63. The van der Waals surface area contributed by atoms with E-state index in [0.717, 1.165) is 5.69 Å². The van der Waals surface area contributed by atoms with Gasteiger partial charge in [-0.2, -0.15) is 0 Å². The van der Waals surface area contributed by atoms with Crippen molar-refractivity contribution in [1.29, 1.82) is 0 Å². The molecule has 1 rings (SSSR count). The minimum absolute atomic E-state index is 0. The number of hydrogen-bond donors (Lipinski definition) is 1. The molecule has 0 aliphatic carbocycles. The van der Waals surface area contributed by atoms with Gasteiger partial charge in [0.1, 0.15) is 0 Å². The van der Waals surface area contributed by atoms with Crippen molar-refractivity contribution in [3.8, 4) is 0 Å². The van der Waals surface area contributed by atoms with Gasteiger partial charge in [-0.15, -0.1) is 0 Å². The fourth-order valence-corrected chi connectivity index (χ4v) is 0.718. The van der Waals surface area contributed by atoms with Crippen LogP contribution in [0.15, 0.2) is 24.3 Å². The summed E-state index contributed by atoms with van der Waals surface area (Å²) in [6.07, 6.45) is 0.671. The van der Waals surface area contributed by atoms with Crippen LogP contribution in [0.5, 0.6) is 0 Å². The van der Waals surface area contributed by atoms with Gasteiger partial charge in [0.25, 0.3) is 0 Å². The second-order valence-corrected chi connectivity index (χ2v) is 2.13. The second kappa shape index (κ2) is 3.01. The third-order valence-electron chi connectivity index (χ3n) is 1.28. The van der Waals surface area contributed by atoms with Crippen molar-refractivity contribution in [3.63, 3.8) is 0 Å². The number of rotatable bonds is 2. The van der Waals surface area contributed by atoms with Crippen molar-refractivity contribution >= 4 is 12.1 Å². The van der Waals surface area contributed by atoms with Crippen LogP contribution in [0.3, 0.4) is 0 Å². The molecule has 2 heteroatoms. The van der Waals surface area contributed by atoms with E-state index in [0.29, 0.717) is 6.41 Å². The molecule has 54 valence electrons. The lowest BCUT2D eigenvalue weighted by molar-refractivity contribution is -0.105. The Morgan fingerprint density at radius 2 is 2.00 bits per heavy atom. The third kappa shape index (κ3) is 1.58. The first-order valence-electron chi connectivity index (χ1n) is 3.10. The van der Waals surface area contributed by atoms with Gasteiger partial charge in [-0.25, -0.2) is 0 Å². The van der Waals surface area contributed by atoms with Crippen LogP contribution in [-0.2, 0) is 4.79 Å². The fourth-order valence-electron chi connectivity index (χ4n) is 0.718. The van der Waals surface area contributed by atoms with Gasteiger partial charge in [0.05, 0.1) is 0 Å². The molecule has 0 atom stereocenters. The summed E-state index contributed by atoms with van der Waals surface area (Å²) in [5.74, 6) is 0. The molecule has 1 N–H and O–H groups in total. The highest BCUT2D eigenvalue weighted by Gasteiger charge is 1.86. The lowest BCUT2D eigenvalue weighted by Gasteiger charge is -1.96. The minimum atomic E-state index is 0. The zero-order chi connectivity index (χ0) is 7.40. The van der Waals surface area contributed by atoms with E-state index in [1.165, 1.54) is 5.56 Å². The van der Waals surface area contributed by atoms with E-state index >= 15 is 0 Å². The molecule has 2 nitrogen and oxygen atoms in total. The maximum atomic E-state index is 9.95. The summed E-state index contributed by atoms with van der Waals surface area (Å²) >= 11 is 0. The van der Waals surface area contributed by atoms with Crippen LogP contribution < -0.4 is 5.32 Å². The highest BCUT2D eigenvalue weighted by molar-refractivity contribution is 5.70. The molecule has 0 aliphatic heterocycles. The van der Waals surface area contributed by atoms with Gasteiger partial charge in [0.15, 0.2) is 0 Å². The van der Waals surface area contributed by atoms with Crippen LogP contribution >= 0.6 is 0 Å². The number of aryl methyl sites for hydroxylation is 1. The monoisotopic (exact) mass is 137 g/mol. The summed E-state index contributed by atoms with van der Waals surface area (Å²) < 4.78 is 0. The Kier molecular flexibility index (Phi) is 2.05. The lowest BCUT2D eigenvalue weighted by Crippen LogP contribution is -1.92. The maximum Gasteiger partial charge on any atom is 0.211 e. The molecule has 0 fully saturated rings. The van der Waals surface area contributed by atoms with E-state index in [4.69, 9.17) is 0 Å². The van der Waals surface area contributed by atoms with E-state index in [9.17, 15) is 4.79 Å². The predicted molar refractivity (Wildman–Crippen MR) is 43.0 cm³/mol. The second-order valence-electron chi connectivity index (χ2n) is 2.13. The Hall–Kier alpha value is -1.31. The normalized spacial score (nSPS) is 8.90. The average Bonchev–Trinajstić information content (AvgIpc) is 1.95. The van der Waals surface area contributed by atoms with Crippen LogP contribution in [0.2, 0.25) is 0 Å². The number of amides is 1.